The van der Waals surface area contributed by atoms with Crippen LogP contribution in [0.15, 0.2) is 71.2 Å². The van der Waals surface area contributed by atoms with E-state index in [2.05, 4.69) is 21.2 Å². The number of ether oxygens (including phenoxy) is 1. The highest BCUT2D eigenvalue weighted by Crippen LogP contribution is 2.27. The number of hydrogen-bond acceptors (Lipinski definition) is 2. The van der Waals surface area contributed by atoms with Crippen molar-refractivity contribution in [3.05, 3.63) is 93.2 Å². The molecule has 0 radical (unpaired) electrons. The highest BCUT2D eigenvalue weighted by Gasteiger charge is 2.07. The second-order valence-electron chi connectivity index (χ2n) is 5.50. The zero-order chi connectivity index (χ0) is 17.6. The summed E-state index contributed by atoms with van der Waals surface area (Å²) in [5.41, 5.74) is 2.62. The maximum Gasteiger partial charge on any atom is 0.124 e. The number of nitrogens with one attached hydrogen (secondary N) is 1. The Labute approximate surface area is 159 Å². The SMILES string of the molecule is Fc1cccc(COc2ccc(Br)cc2CNc2ccccc2Cl)c1. The molecule has 0 amide bonds. The molecule has 0 bridgehead atoms. The van der Waals surface area contributed by atoms with E-state index in [0.717, 1.165) is 27.0 Å². The van der Waals surface area contributed by atoms with Gasteiger partial charge in [-0.1, -0.05) is 51.8 Å². The average Bonchev–Trinajstić information content (AvgIpc) is 2.60. The molecule has 128 valence electrons. The molecule has 0 saturated carbocycles. The molecular weight excluding hydrogens is 405 g/mol. The second-order valence-corrected chi connectivity index (χ2v) is 6.83. The lowest BCUT2D eigenvalue weighted by molar-refractivity contribution is 0.302. The Morgan fingerprint density at radius 1 is 1.00 bits per heavy atom. The molecule has 0 fully saturated rings. The predicted octanol–water partition coefficient (Wildman–Crippen LogP) is 6.43. The van der Waals surface area contributed by atoms with E-state index < -0.39 is 0 Å². The fraction of sp³-hybridized carbons (Fsp3) is 0.100. The molecule has 3 aromatic rings. The van der Waals surface area contributed by atoms with Gasteiger partial charge in [0.05, 0.1) is 10.7 Å². The zero-order valence-corrected chi connectivity index (χ0v) is 15.6. The molecule has 0 aliphatic heterocycles. The van der Waals surface area contributed by atoms with Crippen LogP contribution >= 0.6 is 27.5 Å². The summed E-state index contributed by atoms with van der Waals surface area (Å²) in [6.45, 7) is 0.861. The van der Waals surface area contributed by atoms with E-state index in [4.69, 9.17) is 16.3 Å². The summed E-state index contributed by atoms with van der Waals surface area (Å²) in [7, 11) is 0. The average molecular weight is 421 g/mol. The Bertz CT molecular complexity index is 872. The molecule has 1 N–H and O–H groups in total. The fourth-order valence-electron chi connectivity index (χ4n) is 2.41. The van der Waals surface area contributed by atoms with E-state index in [0.29, 0.717) is 18.2 Å². The summed E-state index contributed by atoms with van der Waals surface area (Å²) in [6, 6.07) is 19.8. The van der Waals surface area contributed by atoms with Crippen molar-refractivity contribution < 1.29 is 9.13 Å². The van der Waals surface area contributed by atoms with E-state index in [1.165, 1.54) is 12.1 Å². The number of halogens is 3. The molecule has 0 unspecified atom stereocenters. The topological polar surface area (TPSA) is 21.3 Å². The molecule has 0 aromatic heterocycles. The van der Waals surface area contributed by atoms with Gasteiger partial charge < -0.3 is 10.1 Å². The largest absolute Gasteiger partial charge is 0.489 e. The van der Waals surface area contributed by atoms with Gasteiger partial charge in [0.15, 0.2) is 0 Å². The third-order valence-electron chi connectivity index (χ3n) is 3.65. The zero-order valence-electron chi connectivity index (χ0n) is 13.3. The lowest BCUT2D eigenvalue weighted by atomic mass is 10.2. The van der Waals surface area contributed by atoms with Crippen molar-refractivity contribution in [2.75, 3.05) is 5.32 Å². The predicted molar refractivity (Wildman–Crippen MR) is 104 cm³/mol. The van der Waals surface area contributed by atoms with Crippen LogP contribution in [0.4, 0.5) is 10.1 Å². The van der Waals surface area contributed by atoms with E-state index in [9.17, 15) is 4.39 Å². The quantitative estimate of drug-likeness (QED) is 0.496. The van der Waals surface area contributed by atoms with Gasteiger partial charge in [-0.15, -0.1) is 0 Å². The fourth-order valence-corrected chi connectivity index (χ4v) is 3.02. The van der Waals surface area contributed by atoms with Crippen LogP contribution in [0.1, 0.15) is 11.1 Å². The van der Waals surface area contributed by atoms with Crippen molar-refractivity contribution in [1.82, 2.24) is 0 Å². The van der Waals surface area contributed by atoms with Crippen LogP contribution in [0.25, 0.3) is 0 Å². The summed E-state index contributed by atoms with van der Waals surface area (Å²) < 4.78 is 20.1. The Morgan fingerprint density at radius 3 is 2.64 bits per heavy atom. The molecule has 0 heterocycles. The van der Waals surface area contributed by atoms with Gasteiger partial charge in [-0.3, -0.25) is 0 Å². The molecule has 3 aromatic carbocycles. The van der Waals surface area contributed by atoms with Crippen LogP contribution in [0.3, 0.4) is 0 Å². The van der Waals surface area contributed by atoms with Gasteiger partial charge in [0.2, 0.25) is 0 Å². The lowest BCUT2D eigenvalue weighted by Gasteiger charge is -2.14. The molecular formula is C20H16BrClFNO. The molecule has 3 rings (SSSR count). The highest BCUT2D eigenvalue weighted by molar-refractivity contribution is 9.10. The summed E-state index contributed by atoms with van der Waals surface area (Å²) in [5, 5.41) is 3.98. The Balaban J connectivity index is 1.73. The summed E-state index contributed by atoms with van der Waals surface area (Å²) >= 11 is 9.66. The summed E-state index contributed by atoms with van der Waals surface area (Å²) in [5.74, 6) is 0.476. The second kappa shape index (κ2) is 8.37. The number of anilines is 1. The van der Waals surface area contributed by atoms with Crippen molar-refractivity contribution in [3.63, 3.8) is 0 Å². The maximum atomic E-state index is 13.3. The normalized spacial score (nSPS) is 10.5. The van der Waals surface area contributed by atoms with E-state index in [1.807, 2.05) is 48.5 Å². The first-order chi connectivity index (χ1) is 12.1. The number of para-hydroxylation sites is 1. The Kier molecular flexibility index (Phi) is 5.95. The molecule has 0 aliphatic rings. The van der Waals surface area contributed by atoms with Gasteiger partial charge in [-0.2, -0.15) is 0 Å². The van der Waals surface area contributed by atoms with E-state index >= 15 is 0 Å². The first kappa shape index (κ1) is 17.8. The smallest absolute Gasteiger partial charge is 0.124 e. The molecule has 0 aliphatic carbocycles. The Hall–Kier alpha value is -2.04. The van der Waals surface area contributed by atoms with Crippen molar-refractivity contribution in [2.45, 2.75) is 13.2 Å². The van der Waals surface area contributed by atoms with Gasteiger partial charge in [-0.05, 0) is 48.0 Å². The van der Waals surface area contributed by atoms with Crippen molar-refractivity contribution in [2.24, 2.45) is 0 Å². The van der Waals surface area contributed by atoms with Crippen LogP contribution in [0, 0.1) is 5.82 Å². The third kappa shape index (κ3) is 4.97. The van der Waals surface area contributed by atoms with Crippen molar-refractivity contribution in [3.8, 4) is 5.75 Å². The van der Waals surface area contributed by atoms with Gasteiger partial charge in [0.1, 0.15) is 18.2 Å². The third-order valence-corrected chi connectivity index (χ3v) is 4.47. The first-order valence-corrected chi connectivity index (χ1v) is 8.93. The Morgan fingerprint density at radius 2 is 1.84 bits per heavy atom. The summed E-state index contributed by atoms with van der Waals surface area (Å²) in [4.78, 5) is 0. The minimum atomic E-state index is -0.266. The molecule has 0 spiro atoms. The highest BCUT2D eigenvalue weighted by atomic mass is 79.9. The summed E-state index contributed by atoms with van der Waals surface area (Å²) in [6.07, 6.45) is 0. The van der Waals surface area contributed by atoms with Gasteiger partial charge >= 0.3 is 0 Å². The van der Waals surface area contributed by atoms with E-state index in [1.54, 1.807) is 6.07 Å². The lowest BCUT2D eigenvalue weighted by Crippen LogP contribution is -2.04. The van der Waals surface area contributed by atoms with Crippen LogP contribution in [0.5, 0.6) is 5.75 Å². The van der Waals surface area contributed by atoms with Crippen molar-refractivity contribution in [1.29, 1.82) is 0 Å². The van der Waals surface area contributed by atoms with E-state index in [-0.39, 0.29) is 5.82 Å². The van der Waals surface area contributed by atoms with Gasteiger partial charge in [0.25, 0.3) is 0 Å². The molecule has 2 nitrogen and oxygen atoms in total. The van der Waals surface area contributed by atoms with Gasteiger partial charge in [0, 0.05) is 16.6 Å². The maximum absolute atomic E-state index is 13.3. The van der Waals surface area contributed by atoms with Crippen LogP contribution < -0.4 is 10.1 Å². The first-order valence-electron chi connectivity index (χ1n) is 7.76. The minimum absolute atomic E-state index is 0.266. The molecule has 0 atom stereocenters. The minimum Gasteiger partial charge on any atom is -0.489 e. The molecule has 25 heavy (non-hydrogen) atoms. The van der Waals surface area contributed by atoms with Crippen LogP contribution in [-0.4, -0.2) is 0 Å². The number of hydrogen-bond donors (Lipinski definition) is 1. The van der Waals surface area contributed by atoms with Crippen LogP contribution in [-0.2, 0) is 13.2 Å². The van der Waals surface area contributed by atoms with Crippen molar-refractivity contribution >= 4 is 33.2 Å². The van der Waals surface area contributed by atoms with Crippen LogP contribution in [0.2, 0.25) is 5.02 Å². The number of rotatable bonds is 6. The number of benzene rings is 3. The monoisotopic (exact) mass is 419 g/mol. The molecule has 5 heteroatoms. The molecule has 0 saturated heterocycles. The van der Waals surface area contributed by atoms with Gasteiger partial charge in [-0.25, -0.2) is 4.39 Å². The standard InChI is InChI=1S/C20H16BrClFNO/c21-16-8-9-20(25-13-14-4-3-5-17(23)10-14)15(11-16)12-24-19-7-2-1-6-18(19)22/h1-11,24H,12-13H2.